The van der Waals surface area contributed by atoms with Crippen molar-refractivity contribution in [2.45, 2.75) is 84.6 Å². The Labute approximate surface area is 211 Å². The second-order valence-electron chi connectivity index (χ2n) is 11.4. The second kappa shape index (κ2) is 9.19. The van der Waals surface area contributed by atoms with Gasteiger partial charge < -0.3 is 14.6 Å². The maximum absolute atomic E-state index is 15.6. The van der Waals surface area contributed by atoms with Crippen LogP contribution in [0.5, 0.6) is 0 Å². The first-order valence-corrected chi connectivity index (χ1v) is 13.0. The van der Waals surface area contributed by atoms with Crippen LogP contribution >= 0.6 is 0 Å². The number of aliphatic hydroxyl groups is 1. The van der Waals surface area contributed by atoms with E-state index in [0.717, 1.165) is 0 Å². The Kier molecular flexibility index (Phi) is 6.82. The number of allylic oxidation sites excluding steroid dienone is 4. The van der Waals surface area contributed by atoms with Crippen LogP contribution in [0.4, 0.5) is 4.39 Å². The van der Waals surface area contributed by atoms with Crippen molar-refractivity contribution in [3.8, 4) is 0 Å². The molecule has 0 aromatic heterocycles. The summed E-state index contributed by atoms with van der Waals surface area (Å²) < 4.78 is 26.8. The first-order valence-electron chi connectivity index (χ1n) is 13.0. The van der Waals surface area contributed by atoms with Gasteiger partial charge in [0, 0.05) is 35.5 Å². The zero-order chi connectivity index (χ0) is 26.6. The highest BCUT2D eigenvalue weighted by Gasteiger charge is 2.73. The summed E-state index contributed by atoms with van der Waals surface area (Å²) in [6.45, 7) is 8.30. The number of halogens is 1. The number of carbonyl (C=O) groups is 4. The van der Waals surface area contributed by atoms with Crippen molar-refractivity contribution in [3.05, 3.63) is 23.8 Å². The fraction of sp³-hybridized carbons (Fsp3) is 0.714. The molecule has 0 heterocycles. The van der Waals surface area contributed by atoms with Crippen molar-refractivity contribution in [3.63, 3.8) is 0 Å². The Morgan fingerprint density at radius 1 is 1.14 bits per heavy atom. The quantitative estimate of drug-likeness (QED) is 0.550. The molecule has 0 amide bonds. The molecule has 3 fully saturated rings. The molecule has 198 valence electrons. The van der Waals surface area contributed by atoms with Gasteiger partial charge in [0.2, 0.25) is 5.78 Å². The molecule has 7 nitrogen and oxygen atoms in total. The van der Waals surface area contributed by atoms with E-state index in [9.17, 15) is 24.3 Å². The number of Topliss-reactive ketones (excluding diaryl/α,β-unsaturated/α-hetero) is 1. The molecule has 4 aliphatic carbocycles. The molecule has 9 atom stereocenters. The average molecular weight is 505 g/mol. The van der Waals surface area contributed by atoms with E-state index in [-0.39, 0.29) is 49.2 Å². The smallest absolute Gasteiger partial charge is 0.306 e. The summed E-state index contributed by atoms with van der Waals surface area (Å²) in [6, 6.07) is 0. The molecule has 1 unspecified atom stereocenters. The number of aliphatic hydroxyl groups excluding tert-OH is 1. The fourth-order valence-corrected chi connectivity index (χ4v) is 8.13. The van der Waals surface area contributed by atoms with Crippen molar-refractivity contribution < 1.29 is 38.1 Å². The molecule has 0 aliphatic heterocycles. The third-order valence-electron chi connectivity index (χ3n) is 9.65. The lowest BCUT2D eigenvalue weighted by Gasteiger charge is -2.60. The van der Waals surface area contributed by atoms with Gasteiger partial charge in [-0.1, -0.05) is 40.7 Å². The van der Waals surface area contributed by atoms with E-state index in [4.69, 9.17) is 9.47 Å². The van der Waals surface area contributed by atoms with Gasteiger partial charge in [-0.25, -0.2) is 4.39 Å². The molecule has 4 rings (SSSR count). The van der Waals surface area contributed by atoms with Crippen LogP contribution in [-0.4, -0.2) is 53.1 Å². The molecule has 8 heteroatoms. The van der Waals surface area contributed by atoms with Crippen LogP contribution in [0, 0.1) is 34.5 Å². The van der Waals surface area contributed by atoms with E-state index in [1.807, 2.05) is 20.8 Å². The molecule has 36 heavy (non-hydrogen) atoms. The highest BCUT2D eigenvalue weighted by molar-refractivity contribution is 6.01. The van der Waals surface area contributed by atoms with Crippen LogP contribution in [0.25, 0.3) is 0 Å². The van der Waals surface area contributed by atoms with Gasteiger partial charge in [-0.05, 0) is 48.8 Å². The minimum Gasteiger partial charge on any atom is -0.457 e. The highest BCUT2D eigenvalue weighted by atomic mass is 19.1. The lowest BCUT2D eigenvalue weighted by atomic mass is 9.46. The topological polar surface area (TPSA) is 107 Å². The molecule has 4 aliphatic rings. The van der Waals surface area contributed by atoms with E-state index < -0.39 is 59.0 Å². The molecular weight excluding hydrogens is 467 g/mol. The summed E-state index contributed by atoms with van der Waals surface area (Å²) in [5.41, 5.74) is -3.02. The van der Waals surface area contributed by atoms with Crippen LogP contribution in [0.15, 0.2) is 23.8 Å². The van der Waals surface area contributed by atoms with E-state index in [1.165, 1.54) is 12.2 Å². The third-order valence-corrected chi connectivity index (χ3v) is 9.65. The summed E-state index contributed by atoms with van der Waals surface area (Å²) >= 11 is 0. The largest absolute Gasteiger partial charge is 0.457 e. The third kappa shape index (κ3) is 3.70. The summed E-state index contributed by atoms with van der Waals surface area (Å²) in [5.74, 6) is -3.14. The van der Waals surface area contributed by atoms with E-state index in [2.05, 4.69) is 0 Å². The number of rotatable bonds is 6. The van der Waals surface area contributed by atoms with Crippen molar-refractivity contribution in [2.75, 3.05) is 6.61 Å². The molecule has 3 saturated carbocycles. The van der Waals surface area contributed by atoms with Crippen molar-refractivity contribution in [2.24, 2.45) is 34.5 Å². The predicted octanol–water partition coefficient (Wildman–Crippen LogP) is 3.67. The Balaban J connectivity index is 1.78. The van der Waals surface area contributed by atoms with Gasteiger partial charge in [0.25, 0.3) is 0 Å². The zero-order valence-corrected chi connectivity index (χ0v) is 21.7. The predicted molar refractivity (Wildman–Crippen MR) is 128 cm³/mol. The van der Waals surface area contributed by atoms with Crippen LogP contribution in [0.2, 0.25) is 0 Å². The SMILES string of the molecule is CCC(=O)OCC(=O)[C@@]1(OC(=O)CC)[C@H](C)C[C@H]2[C@@H]3C[C@H](F)C4=CC(=O)C=C[C@]4(C)[C@H]3C(O)C[C@@]21C. The molecule has 0 radical (unpaired) electrons. The molecule has 0 aromatic rings. The minimum atomic E-state index is -1.61. The second-order valence-corrected chi connectivity index (χ2v) is 11.4. The maximum Gasteiger partial charge on any atom is 0.306 e. The first kappa shape index (κ1) is 26.7. The summed E-state index contributed by atoms with van der Waals surface area (Å²) in [7, 11) is 0. The fourth-order valence-electron chi connectivity index (χ4n) is 8.13. The van der Waals surface area contributed by atoms with Crippen LogP contribution in [-0.2, 0) is 28.7 Å². The van der Waals surface area contributed by atoms with Crippen LogP contribution in [0.1, 0.15) is 66.7 Å². The number of ketones is 2. The number of hydrogen-bond acceptors (Lipinski definition) is 7. The number of fused-ring (bicyclic) bond motifs is 5. The molecule has 0 aromatic carbocycles. The molecule has 0 bridgehead atoms. The standard InChI is InChI=1S/C28H37FO7/c1-6-23(33)35-14-22(32)28(36-24(34)7-2)15(3)10-18-17-12-20(29)19-11-16(30)8-9-26(19,4)25(17)21(31)13-27(18,28)5/h8-9,11,15,17-18,20-21,25,31H,6-7,10,12-14H2,1-5H3/t15-,17+,18+,20+,21?,25-,26+,27+,28+/m1/s1. The average Bonchev–Trinajstić information content (AvgIpc) is 3.05. The van der Waals surface area contributed by atoms with E-state index in [1.54, 1.807) is 19.9 Å². The van der Waals surface area contributed by atoms with Gasteiger partial charge in [-0.3, -0.25) is 19.2 Å². The van der Waals surface area contributed by atoms with Crippen LogP contribution < -0.4 is 0 Å². The first-order chi connectivity index (χ1) is 16.9. The highest BCUT2D eigenvalue weighted by Crippen LogP contribution is 2.69. The number of carbonyl (C=O) groups excluding carboxylic acids is 4. The van der Waals surface area contributed by atoms with Crippen molar-refractivity contribution in [1.82, 2.24) is 0 Å². The minimum absolute atomic E-state index is 0.0590. The van der Waals surface area contributed by atoms with Gasteiger partial charge in [0.15, 0.2) is 18.0 Å². The van der Waals surface area contributed by atoms with Gasteiger partial charge >= 0.3 is 11.9 Å². The summed E-state index contributed by atoms with van der Waals surface area (Å²) in [6.07, 6.45) is 3.18. The normalized spacial score (nSPS) is 43.1. The van der Waals surface area contributed by atoms with Gasteiger partial charge in [0.1, 0.15) is 6.17 Å². The van der Waals surface area contributed by atoms with Gasteiger partial charge in [-0.15, -0.1) is 0 Å². The molecule has 1 N–H and O–H groups in total. The summed E-state index contributed by atoms with van der Waals surface area (Å²) in [4.78, 5) is 50.3. The molecule has 0 spiro atoms. The molecule has 0 saturated heterocycles. The van der Waals surface area contributed by atoms with E-state index >= 15 is 4.39 Å². The van der Waals surface area contributed by atoms with Gasteiger partial charge in [0.05, 0.1) is 6.10 Å². The zero-order valence-electron chi connectivity index (χ0n) is 21.7. The number of ether oxygens (including phenoxy) is 2. The lowest BCUT2D eigenvalue weighted by molar-refractivity contribution is -0.207. The van der Waals surface area contributed by atoms with Crippen LogP contribution in [0.3, 0.4) is 0 Å². The number of hydrogen-bond donors (Lipinski definition) is 1. The van der Waals surface area contributed by atoms with E-state index in [0.29, 0.717) is 12.0 Å². The summed E-state index contributed by atoms with van der Waals surface area (Å²) in [5, 5.41) is 11.6. The Hall–Kier alpha value is -2.35. The Morgan fingerprint density at radius 3 is 2.44 bits per heavy atom. The molecular formula is C28H37FO7. The Bertz CT molecular complexity index is 1030. The van der Waals surface area contributed by atoms with Crippen molar-refractivity contribution in [1.29, 1.82) is 0 Å². The maximum atomic E-state index is 15.6. The Morgan fingerprint density at radius 2 is 1.81 bits per heavy atom. The van der Waals surface area contributed by atoms with Crippen molar-refractivity contribution >= 4 is 23.5 Å². The lowest BCUT2D eigenvalue weighted by Crippen LogP contribution is -2.65. The number of alkyl halides is 1. The van der Waals surface area contributed by atoms with Gasteiger partial charge in [-0.2, -0.15) is 0 Å². The monoisotopic (exact) mass is 504 g/mol. The number of esters is 2.